The number of aromatic amines is 1. The molecule has 3 N–H and O–H groups in total. The van der Waals surface area contributed by atoms with Gasteiger partial charge in [-0.05, 0) is 35.4 Å². The Morgan fingerprint density at radius 1 is 1.23 bits per heavy atom. The van der Waals surface area contributed by atoms with Crippen LogP contribution >= 0.6 is 23.4 Å². The number of H-pyrrole nitrogens is 1. The molecule has 1 fully saturated rings. The van der Waals surface area contributed by atoms with Crippen LogP contribution < -0.4 is 10.6 Å². The molecular formula is C19H19ClN4OS. The zero-order chi connectivity index (χ0) is 17.9. The van der Waals surface area contributed by atoms with Crippen LogP contribution in [-0.4, -0.2) is 33.4 Å². The van der Waals surface area contributed by atoms with Gasteiger partial charge in [-0.2, -0.15) is 11.8 Å². The minimum Gasteiger partial charge on any atom is -0.351 e. The molecule has 0 bridgehead atoms. The second-order valence-electron chi connectivity index (χ2n) is 6.33. The fourth-order valence-electron chi connectivity index (χ4n) is 3.09. The number of hydrogen-bond donors (Lipinski definition) is 3. The summed E-state index contributed by atoms with van der Waals surface area (Å²) in [4.78, 5) is 19.9. The van der Waals surface area contributed by atoms with Gasteiger partial charge in [0, 0.05) is 29.1 Å². The maximum Gasteiger partial charge on any atom is 0.238 e. The molecule has 1 aliphatic heterocycles. The number of rotatable bonds is 4. The maximum atomic E-state index is 12.6. The molecule has 2 atom stereocenters. The first kappa shape index (κ1) is 17.4. The van der Waals surface area contributed by atoms with Gasteiger partial charge in [0.05, 0.1) is 23.4 Å². The van der Waals surface area contributed by atoms with E-state index in [0.29, 0.717) is 6.54 Å². The first-order valence-corrected chi connectivity index (χ1v) is 10.0. The highest BCUT2D eigenvalue weighted by molar-refractivity contribution is 7.99. The summed E-state index contributed by atoms with van der Waals surface area (Å²) in [6, 6.07) is 13.7. The van der Waals surface area contributed by atoms with Crippen LogP contribution in [0.5, 0.6) is 0 Å². The highest BCUT2D eigenvalue weighted by Crippen LogP contribution is 2.25. The third-order valence-corrected chi connectivity index (χ3v) is 5.90. The third-order valence-electron chi connectivity index (χ3n) is 4.51. The molecule has 0 radical (unpaired) electrons. The average molecular weight is 387 g/mol. The standard InChI is InChI=1S/C19H19ClN4OS/c20-14-4-2-13(3-5-14)17-9-26-10-18(24-17)19(25)21-8-12-1-6-15-16(7-12)23-11-22-15/h1-7,11,17-18,24H,8-10H2,(H,21,25)(H,22,23)/t17?,18-/m0/s1. The molecule has 5 nitrogen and oxygen atoms in total. The Morgan fingerprint density at radius 3 is 2.92 bits per heavy atom. The van der Waals surface area contributed by atoms with Gasteiger partial charge in [0.1, 0.15) is 0 Å². The number of aromatic nitrogens is 2. The highest BCUT2D eigenvalue weighted by Gasteiger charge is 2.27. The van der Waals surface area contributed by atoms with Crippen molar-refractivity contribution >= 4 is 40.3 Å². The summed E-state index contributed by atoms with van der Waals surface area (Å²) in [5, 5.41) is 7.22. The van der Waals surface area contributed by atoms with Crippen LogP contribution in [0, 0.1) is 0 Å². The molecule has 4 rings (SSSR count). The summed E-state index contributed by atoms with van der Waals surface area (Å²) in [5.41, 5.74) is 4.11. The average Bonchev–Trinajstić information content (AvgIpc) is 3.14. The van der Waals surface area contributed by atoms with Gasteiger partial charge in [0.2, 0.25) is 5.91 Å². The Kier molecular flexibility index (Phi) is 5.15. The van der Waals surface area contributed by atoms with Crippen LogP contribution in [0.15, 0.2) is 48.8 Å². The molecule has 3 aromatic rings. The van der Waals surface area contributed by atoms with Crippen molar-refractivity contribution in [2.45, 2.75) is 18.6 Å². The van der Waals surface area contributed by atoms with Crippen molar-refractivity contribution in [3.05, 3.63) is 64.9 Å². The molecule has 1 saturated heterocycles. The van der Waals surface area contributed by atoms with Gasteiger partial charge < -0.3 is 10.3 Å². The lowest BCUT2D eigenvalue weighted by Gasteiger charge is -2.30. The summed E-state index contributed by atoms with van der Waals surface area (Å²) in [6.45, 7) is 0.502. The lowest BCUT2D eigenvalue weighted by molar-refractivity contribution is -0.123. The van der Waals surface area contributed by atoms with E-state index in [4.69, 9.17) is 11.6 Å². The molecule has 26 heavy (non-hydrogen) atoms. The Hall–Kier alpha value is -2.02. The van der Waals surface area contributed by atoms with Gasteiger partial charge in [-0.25, -0.2) is 4.98 Å². The first-order chi connectivity index (χ1) is 12.7. The quantitative estimate of drug-likeness (QED) is 0.643. The topological polar surface area (TPSA) is 69.8 Å². The van der Waals surface area contributed by atoms with Gasteiger partial charge in [0.15, 0.2) is 0 Å². The number of benzene rings is 2. The number of thioether (sulfide) groups is 1. The van der Waals surface area contributed by atoms with Crippen molar-refractivity contribution < 1.29 is 4.79 Å². The molecule has 1 aliphatic rings. The van der Waals surface area contributed by atoms with E-state index in [1.165, 1.54) is 0 Å². The summed E-state index contributed by atoms with van der Waals surface area (Å²) in [7, 11) is 0. The number of fused-ring (bicyclic) bond motifs is 1. The Morgan fingerprint density at radius 2 is 2.08 bits per heavy atom. The summed E-state index contributed by atoms with van der Waals surface area (Å²) < 4.78 is 0. The van der Waals surface area contributed by atoms with Crippen LogP contribution in [0.25, 0.3) is 11.0 Å². The number of nitrogens with one attached hydrogen (secondary N) is 3. The van der Waals surface area contributed by atoms with E-state index in [2.05, 4.69) is 20.6 Å². The van der Waals surface area contributed by atoms with Crippen molar-refractivity contribution in [1.82, 2.24) is 20.6 Å². The lowest BCUT2D eigenvalue weighted by Crippen LogP contribution is -2.50. The van der Waals surface area contributed by atoms with Crippen molar-refractivity contribution in [1.29, 1.82) is 0 Å². The number of nitrogens with zero attached hydrogens (tertiary/aromatic N) is 1. The number of hydrogen-bond acceptors (Lipinski definition) is 4. The molecule has 134 valence electrons. The number of amides is 1. The second kappa shape index (κ2) is 7.70. The first-order valence-electron chi connectivity index (χ1n) is 8.48. The maximum absolute atomic E-state index is 12.6. The molecule has 0 aliphatic carbocycles. The number of halogens is 1. The van der Waals surface area contributed by atoms with E-state index >= 15 is 0 Å². The van der Waals surface area contributed by atoms with Crippen molar-refractivity contribution in [2.75, 3.05) is 11.5 Å². The largest absolute Gasteiger partial charge is 0.351 e. The minimum absolute atomic E-state index is 0.0286. The fraction of sp³-hybridized carbons (Fsp3) is 0.263. The fourth-order valence-corrected chi connectivity index (χ4v) is 4.36. The lowest BCUT2D eigenvalue weighted by atomic mass is 10.1. The number of imidazole rings is 1. The predicted octanol–water partition coefficient (Wildman–Crippen LogP) is 3.28. The Bertz CT molecular complexity index is 911. The van der Waals surface area contributed by atoms with Gasteiger partial charge >= 0.3 is 0 Å². The van der Waals surface area contributed by atoms with E-state index in [-0.39, 0.29) is 18.0 Å². The highest BCUT2D eigenvalue weighted by atomic mass is 35.5. The van der Waals surface area contributed by atoms with E-state index < -0.39 is 0 Å². The van der Waals surface area contributed by atoms with E-state index in [1.54, 1.807) is 18.1 Å². The van der Waals surface area contributed by atoms with Crippen LogP contribution in [0.3, 0.4) is 0 Å². The zero-order valence-electron chi connectivity index (χ0n) is 14.0. The summed E-state index contributed by atoms with van der Waals surface area (Å²) in [5.74, 6) is 1.75. The van der Waals surface area contributed by atoms with Crippen molar-refractivity contribution in [2.24, 2.45) is 0 Å². The monoisotopic (exact) mass is 386 g/mol. The number of carbonyl (C=O) groups excluding carboxylic acids is 1. The SMILES string of the molecule is O=C(NCc1ccc2nc[nH]c2c1)[C@@H]1CSCC(c2ccc(Cl)cc2)N1. The summed E-state index contributed by atoms with van der Waals surface area (Å²) >= 11 is 7.76. The smallest absolute Gasteiger partial charge is 0.238 e. The number of carbonyl (C=O) groups is 1. The van der Waals surface area contributed by atoms with Gasteiger partial charge in [-0.15, -0.1) is 0 Å². The van der Waals surface area contributed by atoms with Crippen LogP contribution in [0.4, 0.5) is 0 Å². The molecular weight excluding hydrogens is 368 g/mol. The molecule has 0 saturated carbocycles. The van der Waals surface area contributed by atoms with Crippen molar-refractivity contribution in [3.8, 4) is 0 Å². The Balaban J connectivity index is 1.37. The molecule has 0 spiro atoms. The molecule has 1 aromatic heterocycles. The van der Waals surface area contributed by atoms with Crippen molar-refractivity contribution in [3.63, 3.8) is 0 Å². The predicted molar refractivity (Wildman–Crippen MR) is 106 cm³/mol. The van der Waals surface area contributed by atoms with E-state index in [9.17, 15) is 4.79 Å². The zero-order valence-corrected chi connectivity index (χ0v) is 15.6. The van der Waals surface area contributed by atoms with E-state index in [0.717, 1.165) is 38.7 Å². The van der Waals surface area contributed by atoms with Crippen LogP contribution in [0.1, 0.15) is 17.2 Å². The summed E-state index contributed by atoms with van der Waals surface area (Å²) in [6.07, 6.45) is 1.67. The Labute approximate surface area is 160 Å². The second-order valence-corrected chi connectivity index (χ2v) is 7.84. The minimum atomic E-state index is -0.203. The molecule has 2 heterocycles. The van der Waals surface area contributed by atoms with Gasteiger partial charge in [0.25, 0.3) is 0 Å². The van der Waals surface area contributed by atoms with E-state index in [1.807, 2.05) is 42.5 Å². The van der Waals surface area contributed by atoms with Crippen LogP contribution in [-0.2, 0) is 11.3 Å². The van der Waals surface area contributed by atoms with Gasteiger partial charge in [-0.1, -0.05) is 29.8 Å². The third kappa shape index (κ3) is 3.87. The molecule has 7 heteroatoms. The molecule has 1 amide bonds. The van der Waals surface area contributed by atoms with Crippen LogP contribution in [0.2, 0.25) is 5.02 Å². The normalized spacial score (nSPS) is 20.2. The molecule has 1 unspecified atom stereocenters. The van der Waals surface area contributed by atoms with Gasteiger partial charge in [-0.3, -0.25) is 10.1 Å². The molecule has 2 aromatic carbocycles.